The molecule has 3 aromatic heterocycles. The van der Waals surface area contributed by atoms with Gasteiger partial charge < -0.3 is 15.4 Å². The number of nitrogens with one attached hydrogen (secondary N) is 2. The number of rotatable bonds is 7. The molecule has 0 bridgehead atoms. The fourth-order valence-corrected chi connectivity index (χ4v) is 3.39. The Morgan fingerprint density at radius 1 is 1.03 bits per heavy atom. The Morgan fingerprint density at radius 3 is 2.57 bits per heavy atom. The summed E-state index contributed by atoms with van der Waals surface area (Å²) in [5, 5.41) is 6.94. The van der Waals surface area contributed by atoms with Crippen LogP contribution in [0, 0.1) is 5.82 Å². The summed E-state index contributed by atoms with van der Waals surface area (Å²) < 4.78 is 18.4. The maximum Gasteiger partial charge on any atom is 0.273 e. The van der Waals surface area contributed by atoms with Crippen molar-refractivity contribution >= 4 is 28.9 Å². The van der Waals surface area contributed by atoms with Crippen LogP contribution in [0.3, 0.4) is 0 Å². The van der Waals surface area contributed by atoms with Gasteiger partial charge in [0.05, 0.1) is 36.1 Å². The zero-order chi connectivity index (χ0) is 20.9. The molecule has 152 valence electrons. The summed E-state index contributed by atoms with van der Waals surface area (Å²) in [5.74, 6) is 1.23. The highest BCUT2D eigenvalue weighted by molar-refractivity contribution is 7.16. The van der Waals surface area contributed by atoms with Crippen molar-refractivity contribution in [2.24, 2.45) is 0 Å². The molecular weight excluding hydrogens is 405 g/mol. The first-order valence-electron chi connectivity index (χ1n) is 9.05. The molecule has 8 nitrogen and oxygen atoms in total. The molecule has 0 radical (unpaired) electrons. The lowest BCUT2D eigenvalue weighted by Crippen LogP contribution is -2.11. The van der Waals surface area contributed by atoms with E-state index in [9.17, 15) is 4.39 Å². The quantitative estimate of drug-likeness (QED) is 0.450. The first kappa shape index (κ1) is 19.6. The number of thiazole rings is 1. The molecule has 0 spiro atoms. The van der Waals surface area contributed by atoms with Gasteiger partial charge in [-0.3, -0.25) is 4.98 Å². The maximum absolute atomic E-state index is 13.2. The molecule has 4 rings (SSSR count). The molecule has 30 heavy (non-hydrogen) atoms. The summed E-state index contributed by atoms with van der Waals surface area (Å²) in [6.07, 6.45) is 6.49. The second-order valence-corrected chi connectivity index (χ2v) is 7.28. The lowest BCUT2D eigenvalue weighted by molar-refractivity contribution is 0.412. The fraction of sp³-hybridized carbons (Fsp3) is 0.150. The smallest absolute Gasteiger partial charge is 0.273 e. The molecule has 0 aliphatic rings. The number of methoxy groups -OCH3 is 1. The van der Waals surface area contributed by atoms with Crippen LogP contribution in [-0.4, -0.2) is 32.0 Å². The summed E-state index contributed by atoms with van der Waals surface area (Å²) in [6.45, 7) is 1.95. The molecule has 0 unspecified atom stereocenters. The zero-order valence-corrected chi connectivity index (χ0v) is 17.0. The monoisotopic (exact) mass is 423 g/mol. The number of ether oxygens (including phenoxy) is 1. The highest BCUT2D eigenvalue weighted by atomic mass is 32.1. The molecular formula is C20H18FN7OS. The van der Waals surface area contributed by atoms with Crippen molar-refractivity contribution in [3.8, 4) is 15.8 Å². The molecule has 0 aliphatic carbocycles. The Balaban J connectivity index is 1.66. The minimum Gasteiger partial charge on any atom is -0.473 e. The van der Waals surface area contributed by atoms with Gasteiger partial charge in [-0.1, -0.05) is 23.5 Å². The summed E-state index contributed by atoms with van der Waals surface area (Å²) in [5.41, 5.74) is 1.58. The predicted octanol–water partition coefficient (Wildman–Crippen LogP) is 4.45. The number of nitrogens with zero attached hydrogens (tertiary/aromatic N) is 5. The van der Waals surface area contributed by atoms with E-state index in [0.29, 0.717) is 28.5 Å². The van der Waals surface area contributed by atoms with E-state index in [-0.39, 0.29) is 11.9 Å². The number of hydrogen-bond donors (Lipinski definition) is 2. The normalized spacial score (nSPS) is 11.7. The highest BCUT2D eigenvalue weighted by Gasteiger charge is 2.14. The van der Waals surface area contributed by atoms with Gasteiger partial charge in [0.15, 0.2) is 0 Å². The van der Waals surface area contributed by atoms with Gasteiger partial charge in [0.2, 0.25) is 5.95 Å². The average Bonchev–Trinajstić information content (AvgIpc) is 3.24. The van der Waals surface area contributed by atoms with Crippen molar-refractivity contribution in [2.75, 3.05) is 17.7 Å². The molecule has 3 heterocycles. The van der Waals surface area contributed by atoms with Crippen molar-refractivity contribution in [1.82, 2.24) is 24.9 Å². The first-order chi connectivity index (χ1) is 14.6. The molecule has 0 saturated carbocycles. The van der Waals surface area contributed by atoms with Gasteiger partial charge in [0.1, 0.15) is 17.5 Å². The Hall–Kier alpha value is -3.66. The van der Waals surface area contributed by atoms with E-state index in [1.165, 1.54) is 23.5 Å². The third kappa shape index (κ3) is 4.66. The van der Waals surface area contributed by atoms with E-state index in [4.69, 9.17) is 4.74 Å². The van der Waals surface area contributed by atoms with Crippen LogP contribution >= 0.6 is 11.3 Å². The van der Waals surface area contributed by atoms with E-state index in [0.717, 1.165) is 10.4 Å². The maximum atomic E-state index is 13.2. The van der Waals surface area contributed by atoms with Crippen LogP contribution in [-0.2, 0) is 0 Å². The topological polar surface area (TPSA) is 97.7 Å². The molecule has 1 aromatic carbocycles. The predicted molar refractivity (Wildman–Crippen MR) is 113 cm³/mol. The van der Waals surface area contributed by atoms with Gasteiger partial charge in [-0.25, -0.2) is 19.3 Å². The molecule has 1 atom stereocenters. The van der Waals surface area contributed by atoms with Crippen molar-refractivity contribution in [1.29, 1.82) is 0 Å². The number of halogens is 1. The van der Waals surface area contributed by atoms with Crippen molar-refractivity contribution in [2.45, 2.75) is 13.0 Å². The number of anilines is 3. The van der Waals surface area contributed by atoms with Crippen LogP contribution in [0.4, 0.5) is 22.0 Å². The van der Waals surface area contributed by atoms with Gasteiger partial charge in [-0.05, 0) is 24.6 Å². The first-order valence-corrected chi connectivity index (χ1v) is 9.86. The molecule has 0 amide bonds. The van der Waals surface area contributed by atoms with Crippen molar-refractivity contribution in [3.05, 3.63) is 66.5 Å². The van der Waals surface area contributed by atoms with Gasteiger partial charge in [0.25, 0.3) is 5.19 Å². The van der Waals surface area contributed by atoms with Crippen LogP contribution in [0.15, 0.2) is 55.1 Å². The Kier molecular flexibility index (Phi) is 5.75. The van der Waals surface area contributed by atoms with E-state index in [1.807, 2.05) is 6.92 Å². The second-order valence-electron chi connectivity index (χ2n) is 6.29. The van der Waals surface area contributed by atoms with Gasteiger partial charge in [0, 0.05) is 18.5 Å². The molecule has 4 aromatic rings. The molecule has 10 heteroatoms. The fourth-order valence-electron chi connectivity index (χ4n) is 2.70. The summed E-state index contributed by atoms with van der Waals surface area (Å²) >= 11 is 1.38. The van der Waals surface area contributed by atoms with Crippen LogP contribution in [0.25, 0.3) is 10.6 Å². The van der Waals surface area contributed by atoms with E-state index in [1.54, 1.807) is 50.1 Å². The van der Waals surface area contributed by atoms with E-state index < -0.39 is 0 Å². The van der Waals surface area contributed by atoms with Gasteiger partial charge in [-0.2, -0.15) is 4.98 Å². The lowest BCUT2D eigenvalue weighted by Gasteiger charge is -2.16. The lowest BCUT2D eigenvalue weighted by atomic mass is 10.1. The Bertz CT molecular complexity index is 1120. The van der Waals surface area contributed by atoms with Crippen LogP contribution in [0.2, 0.25) is 0 Å². The van der Waals surface area contributed by atoms with Gasteiger partial charge in [-0.15, -0.1) is 0 Å². The van der Waals surface area contributed by atoms with Crippen LogP contribution < -0.4 is 15.4 Å². The Morgan fingerprint density at radius 2 is 1.87 bits per heavy atom. The minimum atomic E-state index is -0.279. The van der Waals surface area contributed by atoms with Crippen molar-refractivity contribution < 1.29 is 9.13 Å². The van der Waals surface area contributed by atoms with E-state index >= 15 is 0 Å². The van der Waals surface area contributed by atoms with Crippen LogP contribution in [0.5, 0.6) is 5.19 Å². The van der Waals surface area contributed by atoms with E-state index in [2.05, 4.69) is 35.6 Å². The number of aromatic nitrogens is 5. The summed E-state index contributed by atoms with van der Waals surface area (Å²) in [6, 6.07) is 7.97. The number of hydrogen-bond acceptors (Lipinski definition) is 9. The third-order valence-electron chi connectivity index (χ3n) is 4.17. The average molecular weight is 423 g/mol. The summed E-state index contributed by atoms with van der Waals surface area (Å²) in [7, 11) is 1.57. The second kappa shape index (κ2) is 8.78. The highest BCUT2D eigenvalue weighted by Crippen LogP contribution is 2.31. The zero-order valence-electron chi connectivity index (χ0n) is 16.2. The van der Waals surface area contributed by atoms with Crippen molar-refractivity contribution in [3.63, 3.8) is 0 Å². The molecule has 2 N–H and O–H groups in total. The SMILES string of the molecule is COc1ncc(-c2cc(Nc3cnccn3)nc(N[C@@H](C)c3ccc(F)cc3)n2)s1. The third-order valence-corrected chi connectivity index (χ3v) is 5.15. The number of benzene rings is 1. The van der Waals surface area contributed by atoms with Crippen LogP contribution in [0.1, 0.15) is 18.5 Å². The largest absolute Gasteiger partial charge is 0.473 e. The summed E-state index contributed by atoms with van der Waals surface area (Å²) in [4.78, 5) is 22.5. The molecule has 0 fully saturated rings. The molecule has 0 aliphatic heterocycles. The molecule has 0 saturated heterocycles. The Labute approximate surface area is 176 Å². The standard InChI is InChI=1S/C20H18FN7OS/c1-12(13-3-5-14(21)6-4-13)25-19-26-15(16-10-24-20(29-2)30-16)9-17(28-19)27-18-11-22-7-8-23-18/h3-12H,1-2H3,(H2,23,25,26,27,28)/t12-/m0/s1. The van der Waals surface area contributed by atoms with Gasteiger partial charge >= 0.3 is 0 Å². The minimum absolute atomic E-state index is 0.138.